The maximum Gasteiger partial charge on any atom is 0.182 e. The average Bonchev–Trinajstić information content (AvgIpc) is 2.91. The molecule has 0 aliphatic carbocycles. The molecule has 0 bridgehead atoms. The van der Waals surface area contributed by atoms with E-state index < -0.39 is 0 Å². The molecule has 0 saturated heterocycles. The molecule has 3 heteroatoms. The molecule has 2 heterocycles. The maximum absolute atomic E-state index is 5.32. The minimum absolute atomic E-state index is 0.831. The summed E-state index contributed by atoms with van der Waals surface area (Å²) < 4.78 is 5.32. The quantitative estimate of drug-likeness (QED) is 0.480. The van der Waals surface area contributed by atoms with Gasteiger partial charge in [0.15, 0.2) is 12.0 Å². The van der Waals surface area contributed by atoms with Gasteiger partial charge in [-0.2, -0.15) is 0 Å². The Kier molecular flexibility index (Phi) is 1.31. The van der Waals surface area contributed by atoms with E-state index in [-0.39, 0.29) is 0 Å². The molecule has 4 aromatic rings. The number of nitrogens with one attached hydrogen (secondary N) is 1. The van der Waals surface area contributed by atoms with Gasteiger partial charge in [-0.15, -0.1) is 0 Å². The molecule has 0 fully saturated rings. The molecule has 1 N–H and O–H groups in total. The first-order valence-corrected chi connectivity index (χ1v) is 5.16. The number of para-hydroxylation sites is 1. The molecule has 0 aliphatic rings. The summed E-state index contributed by atoms with van der Waals surface area (Å²) in [6, 6.07) is 12.2. The van der Waals surface area contributed by atoms with Gasteiger partial charge in [0.1, 0.15) is 5.52 Å². The summed E-state index contributed by atoms with van der Waals surface area (Å²) in [6.07, 6.45) is 1.49. The Bertz CT molecular complexity index is 810. The zero-order chi connectivity index (χ0) is 10.5. The molecule has 0 radical (unpaired) electrons. The highest BCUT2D eigenvalue weighted by Crippen LogP contribution is 2.30. The summed E-state index contributed by atoms with van der Waals surface area (Å²) >= 11 is 0. The molecule has 2 aromatic carbocycles. The molecule has 0 spiro atoms. The van der Waals surface area contributed by atoms with Crippen molar-refractivity contribution in [2.24, 2.45) is 0 Å². The van der Waals surface area contributed by atoms with E-state index >= 15 is 0 Å². The van der Waals surface area contributed by atoms with E-state index in [1.54, 1.807) is 0 Å². The van der Waals surface area contributed by atoms with Crippen molar-refractivity contribution >= 4 is 32.9 Å². The minimum Gasteiger partial charge on any atom is -0.443 e. The Hall–Kier alpha value is -2.29. The fourth-order valence-corrected chi connectivity index (χ4v) is 2.26. The van der Waals surface area contributed by atoms with Crippen LogP contribution in [-0.4, -0.2) is 9.97 Å². The van der Waals surface area contributed by atoms with Crippen LogP contribution >= 0.6 is 0 Å². The SMILES string of the molecule is c1ccc2c(c1)[nH]c1ccc3ocnc3c12. The van der Waals surface area contributed by atoms with Crippen molar-refractivity contribution in [3.05, 3.63) is 42.8 Å². The number of hydrogen-bond donors (Lipinski definition) is 1. The second kappa shape index (κ2) is 2.64. The average molecular weight is 208 g/mol. The van der Waals surface area contributed by atoms with E-state index in [1.165, 1.54) is 11.8 Å². The Morgan fingerprint density at radius 2 is 1.94 bits per heavy atom. The van der Waals surface area contributed by atoms with Crippen LogP contribution in [0.2, 0.25) is 0 Å². The molecular weight excluding hydrogens is 200 g/mol. The van der Waals surface area contributed by atoms with E-state index in [0.29, 0.717) is 0 Å². The van der Waals surface area contributed by atoms with Crippen molar-refractivity contribution in [2.75, 3.05) is 0 Å². The normalized spacial score (nSPS) is 11.8. The third kappa shape index (κ3) is 0.852. The van der Waals surface area contributed by atoms with Crippen LogP contribution in [0.4, 0.5) is 0 Å². The van der Waals surface area contributed by atoms with Crippen molar-refractivity contribution in [3.63, 3.8) is 0 Å². The molecule has 0 unspecified atom stereocenters. The molecule has 0 aliphatic heterocycles. The third-order valence-corrected chi connectivity index (χ3v) is 2.97. The molecule has 2 aromatic heterocycles. The van der Waals surface area contributed by atoms with Crippen LogP contribution in [0.1, 0.15) is 0 Å². The molecule has 3 nitrogen and oxygen atoms in total. The van der Waals surface area contributed by atoms with E-state index in [2.05, 4.69) is 22.1 Å². The van der Waals surface area contributed by atoms with Crippen molar-refractivity contribution in [2.45, 2.75) is 0 Å². The van der Waals surface area contributed by atoms with Crippen LogP contribution in [0.3, 0.4) is 0 Å². The van der Waals surface area contributed by atoms with Crippen molar-refractivity contribution in [3.8, 4) is 0 Å². The largest absolute Gasteiger partial charge is 0.443 e. The predicted molar refractivity (Wildman–Crippen MR) is 63.4 cm³/mol. The molecule has 0 saturated carbocycles. The number of oxazole rings is 1. The lowest BCUT2D eigenvalue weighted by Crippen LogP contribution is -1.71. The highest BCUT2D eigenvalue weighted by Gasteiger charge is 2.09. The number of benzene rings is 2. The van der Waals surface area contributed by atoms with Crippen molar-refractivity contribution in [1.29, 1.82) is 0 Å². The number of nitrogens with zero attached hydrogens (tertiary/aromatic N) is 1. The van der Waals surface area contributed by atoms with Crippen LogP contribution in [0.25, 0.3) is 32.9 Å². The Morgan fingerprint density at radius 1 is 1.00 bits per heavy atom. The summed E-state index contributed by atoms with van der Waals surface area (Å²) in [6.45, 7) is 0. The van der Waals surface area contributed by atoms with Gasteiger partial charge < -0.3 is 9.40 Å². The number of hydrogen-bond acceptors (Lipinski definition) is 2. The minimum atomic E-state index is 0.831. The second-order valence-corrected chi connectivity index (χ2v) is 3.86. The van der Waals surface area contributed by atoms with Gasteiger partial charge in [-0.25, -0.2) is 4.98 Å². The standard InChI is InChI=1S/C13H8N2O/c1-2-4-9-8(3-1)12-10(15-9)5-6-11-13(12)14-7-16-11/h1-7,15H. The maximum atomic E-state index is 5.32. The Balaban J connectivity index is 2.42. The Morgan fingerprint density at radius 3 is 2.94 bits per heavy atom. The van der Waals surface area contributed by atoms with Crippen LogP contribution in [-0.2, 0) is 0 Å². The van der Waals surface area contributed by atoms with Crippen LogP contribution in [0, 0.1) is 0 Å². The van der Waals surface area contributed by atoms with Crippen LogP contribution in [0.15, 0.2) is 47.2 Å². The van der Waals surface area contributed by atoms with Crippen LogP contribution < -0.4 is 0 Å². The number of aromatic amines is 1. The number of H-pyrrole nitrogens is 1. The summed E-state index contributed by atoms with van der Waals surface area (Å²) in [4.78, 5) is 7.66. The third-order valence-electron chi connectivity index (χ3n) is 2.97. The lowest BCUT2D eigenvalue weighted by Gasteiger charge is -1.91. The fraction of sp³-hybridized carbons (Fsp3) is 0. The molecule has 76 valence electrons. The number of rotatable bonds is 0. The molecule has 16 heavy (non-hydrogen) atoms. The van der Waals surface area contributed by atoms with Gasteiger partial charge in [0.2, 0.25) is 0 Å². The van der Waals surface area contributed by atoms with Crippen molar-refractivity contribution in [1.82, 2.24) is 9.97 Å². The lowest BCUT2D eigenvalue weighted by atomic mass is 10.1. The number of aromatic nitrogens is 2. The first kappa shape index (κ1) is 7.93. The van der Waals surface area contributed by atoms with Gasteiger partial charge in [0, 0.05) is 21.8 Å². The van der Waals surface area contributed by atoms with Gasteiger partial charge >= 0.3 is 0 Å². The molecule has 0 amide bonds. The Labute approximate surface area is 90.7 Å². The first-order chi connectivity index (χ1) is 7.93. The van der Waals surface area contributed by atoms with Crippen molar-refractivity contribution < 1.29 is 4.42 Å². The molecular formula is C13H8N2O. The zero-order valence-corrected chi connectivity index (χ0v) is 8.40. The summed E-state index contributed by atoms with van der Waals surface area (Å²) in [5.74, 6) is 0. The van der Waals surface area contributed by atoms with E-state index in [1.807, 2.05) is 24.3 Å². The van der Waals surface area contributed by atoms with Gasteiger partial charge in [-0.1, -0.05) is 18.2 Å². The summed E-state index contributed by atoms with van der Waals surface area (Å²) in [5.41, 5.74) is 3.99. The summed E-state index contributed by atoms with van der Waals surface area (Å²) in [5, 5.41) is 2.33. The molecule has 4 rings (SSSR count). The van der Waals surface area contributed by atoms with Gasteiger partial charge in [-0.05, 0) is 18.2 Å². The summed E-state index contributed by atoms with van der Waals surface area (Å²) in [7, 11) is 0. The predicted octanol–water partition coefficient (Wildman–Crippen LogP) is 3.46. The van der Waals surface area contributed by atoms with E-state index in [0.717, 1.165) is 27.5 Å². The van der Waals surface area contributed by atoms with Gasteiger partial charge in [0.05, 0.1) is 0 Å². The smallest absolute Gasteiger partial charge is 0.182 e. The lowest BCUT2D eigenvalue weighted by molar-refractivity contribution is 0.602. The van der Waals surface area contributed by atoms with E-state index in [4.69, 9.17) is 4.42 Å². The highest BCUT2D eigenvalue weighted by atomic mass is 16.3. The topological polar surface area (TPSA) is 41.8 Å². The number of fused-ring (bicyclic) bond motifs is 5. The monoisotopic (exact) mass is 208 g/mol. The zero-order valence-electron chi connectivity index (χ0n) is 8.40. The first-order valence-electron chi connectivity index (χ1n) is 5.16. The second-order valence-electron chi connectivity index (χ2n) is 3.86. The van der Waals surface area contributed by atoms with Gasteiger partial charge in [-0.3, -0.25) is 0 Å². The fourth-order valence-electron chi connectivity index (χ4n) is 2.26. The van der Waals surface area contributed by atoms with Gasteiger partial charge in [0.25, 0.3) is 0 Å². The molecule has 0 atom stereocenters. The van der Waals surface area contributed by atoms with E-state index in [9.17, 15) is 0 Å². The van der Waals surface area contributed by atoms with Crippen LogP contribution in [0.5, 0.6) is 0 Å². The highest BCUT2D eigenvalue weighted by molar-refractivity contribution is 6.17.